The standard InChI is InChI=1S/C11H22N2OS.ClH/c1-2-8-15-9-11(14)13-7-5-10-4-3-6-12-10;/h10,12H,2-9H2,1H3,(H,13,14);1H/t10-;/m1./s1. The van der Waals surface area contributed by atoms with Gasteiger partial charge in [-0.05, 0) is 38.0 Å². The highest BCUT2D eigenvalue weighted by atomic mass is 35.5. The normalized spacial score (nSPS) is 19.2. The van der Waals surface area contributed by atoms with Crippen LogP contribution in [-0.4, -0.2) is 36.5 Å². The summed E-state index contributed by atoms with van der Waals surface area (Å²) in [5, 5.41) is 6.39. The summed E-state index contributed by atoms with van der Waals surface area (Å²) in [5.74, 6) is 1.88. The quantitative estimate of drug-likeness (QED) is 0.691. The molecule has 0 aromatic carbocycles. The van der Waals surface area contributed by atoms with Gasteiger partial charge in [-0.2, -0.15) is 11.8 Å². The summed E-state index contributed by atoms with van der Waals surface area (Å²) in [4.78, 5) is 11.3. The first-order chi connectivity index (χ1) is 7.33. The largest absolute Gasteiger partial charge is 0.355 e. The molecule has 1 amide bonds. The number of carbonyl (C=O) groups is 1. The molecule has 1 atom stereocenters. The third-order valence-corrected chi connectivity index (χ3v) is 3.72. The Balaban J connectivity index is 0.00000225. The Kier molecular flexibility index (Phi) is 10.3. The summed E-state index contributed by atoms with van der Waals surface area (Å²) in [6.07, 6.45) is 4.76. The average molecular weight is 267 g/mol. The molecule has 0 aromatic heterocycles. The molecular formula is C11H23ClN2OS. The van der Waals surface area contributed by atoms with Crippen molar-refractivity contribution in [1.29, 1.82) is 0 Å². The third kappa shape index (κ3) is 7.36. The molecule has 16 heavy (non-hydrogen) atoms. The molecule has 96 valence electrons. The molecule has 1 aliphatic rings. The van der Waals surface area contributed by atoms with E-state index in [0.29, 0.717) is 11.8 Å². The average Bonchev–Trinajstić information content (AvgIpc) is 2.71. The van der Waals surface area contributed by atoms with Crippen LogP contribution in [0.2, 0.25) is 0 Å². The molecule has 0 unspecified atom stereocenters. The maximum Gasteiger partial charge on any atom is 0.229 e. The van der Waals surface area contributed by atoms with Gasteiger partial charge in [0.15, 0.2) is 0 Å². The molecule has 1 rings (SSSR count). The molecule has 1 aliphatic heterocycles. The maximum absolute atomic E-state index is 11.3. The van der Waals surface area contributed by atoms with Crippen molar-refractivity contribution in [3.63, 3.8) is 0 Å². The van der Waals surface area contributed by atoms with Gasteiger partial charge in [-0.3, -0.25) is 4.79 Å². The second-order valence-electron chi connectivity index (χ2n) is 3.98. The zero-order valence-corrected chi connectivity index (χ0v) is 11.6. The number of hydrogen-bond acceptors (Lipinski definition) is 3. The van der Waals surface area contributed by atoms with E-state index in [1.807, 2.05) is 0 Å². The minimum atomic E-state index is 0. The summed E-state index contributed by atoms with van der Waals surface area (Å²) in [6.45, 7) is 4.10. The fourth-order valence-corrected chi connectivity index (χ4v) is 2.47. The number of halogens is 1. The predicted molar refractivity (Wildman–Crippen MR) is 73.5 cm³/mol. The molecule has 1 heterocycles. The van der Waals surface area contributed by atoms with E-state index in [-0.39, 0.29) is 18.3 Å². The van der Waals surface area contributed by atoms with E-state index in [1.54, 1.807) is 11.8 Å². The van der Waals surface area contributed by atoms with Gasteiger partial charge < -0.3 is 10.6 Å². The number of carbonyl (C=O) groups excluding carboxylic acids is 1. The second-order valence-corrected chi connectivity index (χ2v) is 5.09. The number of hydrogen-bond donors (Lipinski definition) is 2. The van der Waals surface area contributed by atoms with Gasteiger partial charge in [0.05, 0.1) is 5.75 Å². The summed E-state index contributed by atoms with van der Waals surface area (Å²) in [5.41, 5.74) is 0. The Morgan fingerprint density at radius 3 is 3.00 bits per heavy atom. The number of rotatable bonds is 7. The number of thioether (sulfide) groups is 1. The summed E-state index contributed by atoms with van der Waals surface area (Å²) >= 11 is 1.72. The van der Waals surface area contributed by atoms with Crippen molar-refractivity contribution in [2.75, 3.05) is 24.6 Å². The molecule has 5 heteroatoms. The van der Waals surface area contributed by atoms with E-state index in [4.69, 9.17) is 0 Å². The fraction of sp³-hybridized carbons (Fsp3) is 0.909. The van der Waals surface area contributed by atoms with E-state index in [0.717, 1.165) is 31.7 Å². The summed E-state index contributed by atoms with van der Waals surface area (Å²) in [7, 11) is 0. The van der Waals surface area contributed by atoms with Crippen LogP contribution in [0.3, 0.4) is 0 Å². The Morgan fingerprint density at radius 1 is 1.56 bits per heavy atom. The van der Waals surface area contributed by atoms with Crippen molar-refractivity contribution < 1.29 is 4.79 Å². The molecule has 1 fully saturated rings. The Bertz CT molecular complexity index is 187. The lowest BCUT2D eigenvalue weighted by molar-refractivity contribution is -0.118. The highest BCUT2D eigenvalue weighted by Gasteiger charge is 2.13. The lowest BCUT2D eigenvalue weighted by Gasteiger charge is -2.10. The van der Waals surface area contributed by atoms with E-state index < -0.39 is 0 Å². The lowest BCUT2D eigenvalue weighted by Crippen LogP contribution is -2.31. The van der Waals surface area contributed by atoms with Crippen molar-refractivity contribution in [2.45, 2.75) is 38.6 Å². The number of amides is 1. The van der Waals surface area contributed by atoms with E-state index in [1.165, 1.54) is 12.8 Å². The van der Waals surface area contributed by atoms with Gasteiger partial charge in [0.2, 0.25) is 5.91 Å². The minimum absolute atomic E-state index is 0. The minimum Gasteiger partial charge on any atom is -0.355 e. The van der Waals surface area contributed by atoms with Crippen LogP contribution in [0.1, 0.15) is 32.6 Å². The van der Waals surface area contributed by atoms with Gasteiger partial charge in [0.25, 0.3) is 0 Å². The first-order valence-electron chi connectivity index (χ1n) is 5.90. The molecule has 0 bridgehead atoms. The SMILES string of the molecule is CCCSCC(=O)NCC[C@H]1CCCN1.Cl. The Hall–Kier alpha value is 0.0700. The fourth-order valence-electron chi connectivity index (χ4n) is 1.75. The van der Waals surface area contributed by atoms with Gasteiger partial charge >= 0.3 is 0 Å². The van der Waals surface area contributed by atoms with Crippen molar-refractivity contribution in [3.8, 4) is 0 Å². The molecule has 0 spiro atoms. The summed E-state index contributed by atoms with van der Waals surface area (Å²) < 4.78 is 0. The van der Waals surface area contributed by atoms with Crippen molar-refractivity contribution in [2.24, 2.45) is 0 Å². The monoisotopic (exact) mass is 266 g/mol. The predicted octanol–water partition coefficient (Wildman–Crippen LogP) is 1.81. The molecule has 1 saturated heterocycles. The molecular weight excluding hydrogens is 244 g/mol. The van der Waals surface area contributed by atoms with Crippen LogP contribution in [-0.2, 0) is 4.79 Å². The van der Waals surface area contributed by atoms with E-state index in [9.17, 15) is 4.79 Å². The number of nitrogens with one attached hydrogen (secondary N) is 2. The van der Waals surface area contributed by atoms with Crippen molar-refractivity contribution in [3.05, 3.63) is 0 Å². The molecule has 0 saturated carbocycles. The lowest BCUT2D eigenvalue weighted by atomic mass is 10.1. The van der Waals surface area contributed by atoms with E-state index in [2.05, 4.69) is 17.6 Å². The topological polar surface area (TPSA) is 41.1 Å². The molecule has 0 radical (unpaired) electrons. The van der Waals surface area contributed by atoms with Crippen LogP contribution < -0.4 is 10.6 Å². The molecule has 0 aromatic rings. The van der Waals surface area contributed by atoms with Gasteiger partial charge in [-0.15, -0.1) is 12.4 Å². The first-order valence-corrected chi connectivity index (χ1v) is 7.06. The Morgan fingerprint density at radius 2 is 2.38 bits per heavy atom. The highest BCUT2D eigenvalue weighted by Crippen LogP contribution is 2.07. The van der Waals surface area contributed by atoms with Gasteiger partial charge in [0, 0.05) is 12.6 Å². The van der Waals surface area contributed by atoms with Crippen LogP contribution in [0.15, 0.2) is 0 Å². The zero-order valence-electron chi connectivity index (χ0n) is 9.96. The van der Waals surface area contributed by atoms with Crippen LogP contribution in [0.5, 0.6) is 0 Å². The molecule has 0 aliphatic carbocycles. The first kappa shape index (κ1) is 16.1. The van der Waals surface area contributed by atoms with Gasteiger partial charge in [0.1, 0.15) is 0 Å². The summed E-state index contributed by atoms with van der Waals surface area (Å²) in [6, 6.07) is 0.633. The van der Waals surface area contributed by atoms with Gasteiger partial charge in [-0.1, -0.05) is 6.92 Å². The van der Waals surface area contributed by atoms with Crippen molar-refractivity contribution in [1.82, 2.24) is 10.6 Å². The second kappa shape index (κ2) is 10.2. The maximum atomic E-state index is 11.3. The van der Waals surface area contributed by atoms with Crippen LogP contribution >= 0.6 is 24.2 Å². The van der Waals surface area contributed by atoms with Crippen LogP contribution in [0.4, 0.5) is 0 Å². The van der Waals surface area contributed by atoms with Crippen molar-refractivity contribution >= 4 is 30.1 Å². The highest BCUT2D eigenvalue weighted by molar-refractivity contribution is 7.99. The Labute approximate surface area is 109 Å². The van der Waals surface area contributed by atoms with Crippen LogP contribution in [0, 0.1) is 0 Å². The van der Waals surface area contributed by atoms with E-state index >= 15 is 0 Å². The zero-order chi connectivity index (χ0) is 10.9. The van der Waals surface area contributed by atoms with Crippen LogP contribution in [0.25, 0.3) is 0 Å². The third-order valence-electron chi connectivity index (χ3n) is 2.56. The molecule has 2 N–H and O–H groups in total. The van der Waals surface area contributed by atoms with Gasteiger partial charge in [-0.25, -0.2) is 0 Å². The smallest absolute Gasteiger partial charge is 0.229 e. The molecule has 3 nitrogen and oxygen atoms in total.